The molecule has 1 aliphatic rings. The van der Waals surface area contributed by atoms with Crippen LogP contribution in [-0.2, 0) is 0 Å². The number of ether oxygens (including phenoxy) is 1. The molecular formula is C24H22N6O2. The predicted molar refractivity (Wildman–Crippen MR) is 121 cm³/mol. The molecule has 0 aliphatic carbocycles. The van der Waals surface area contributed by atoms with E-state index in [9.17, 15) is 4.79 Å². The van der Waals surface area contributed by atoms with E-state index >= 15 is 0 Å². The summed E-state index contributed by atoms with van der Waals surface area (Å²) in [4.78, 5) is 34.6. The normalized spacial score (nSPS) is 13.9. The van der Waals surface area contributed by atoms with Crippen LogP contribution in [0.15, 0.2) is 67.0 Å². The van der Waals surface area contributed by atoms with Gasteiger partial charge in [0.15, 0.2) is 0 Å². The Hall–Kier alpha value is -4.07. The number of aromatic nitrogens is 4. The molecule has 0 N–H and O–H groups in total. The molecule has 4 aromatic rings. The van der Waals surface area contributed by atoms with Crippen LogP contribution in [0.2, 0.25) is 0 Å². The molecule has 1 fully saturated rings. The van der Waals surface area contributed by atoms with Gasteiger partial charge in [-0.15, -0.1) is 0 Å². The molecular weight excluding hydrogens is 404 g/mol. The average Bonchev–Trinajstić information content (AvgIpc) is 2.84. The van der Waals surface area contributed by atoms with Gasteiger partial charge >= 0.3 is 0 Å². The lowest BCUT2D eigenvalue weighted by Crippen LogP contribution is -2.49. The number of hydrogen-bond donors (Lipinski definition) is 0. The second kappa shape index (κ2) is 8.58. The molecule has 1 aliphatic heterocycles. The molecule has 0 unspecified atom stereocenters. The molecule has 32 heavy (non-hydrogen) atoms. The monoisotopic (exact) mass is 426 g/mol. The summed E-state index contributed by atoms with van der Waals surface area (Å²) in [5.74, 6) is 2.69. The van der Waals surface area contributed by atoms with Gasteiger partial charge in [-0.05, 0) is 37.3 Å². The Morgan fingerprint density at radius 1 is 0.875 bits per heavy atom. The van der Waals surface area contributed by atoms with Crippen molar-refractivity contribution in [1.29, 1.82) is 0 Å². The number of anilines is 1. The molecule has 160 valence electrons. The van der Waals surface area contributed by atoms with Gasteiger partial charge in [0.05, 0.1) is 11.0 Å². The number of hydrogen-bond acceptors (Lipinski definition) is 7. The Morgan fingerprint density at radius 2 is 1.62 bits per heavy atom. The second-order valence-corrected chi connectivity index (χ2v) is 7.57. The number of piperazine rings is 1. The van der Waals surface area contributed by atoms with Crippen LogP contribution < -0.4 is 9.64 Å². The zero-order chi connectivity index (χ0) is 21.9. The van der Waals surface area contributed by atoms with E-state index in [-0.39, 0.29) is 5.91 Å². The SMILES string of the molecule is Cc1nc(Oc2ccccc2)cc(N2CCN(C(=O)c3ccc4nccnc4c3)CC2)n1. The molecule has 0 bridgehead atoms. The smallest absolute Gasteiger partial charge is 0.254 e. The van der Waals surface area contributed by atoms with E-state index in [1.807, 2.05) is 60.4 Å². The number of para-hydroxylation sites is 1. The molecule has 3 heterocycles. The van der Waals surface area contributed by atoms with Crippen LogP contribution >= 0.6 is 0 Å². The number of benzene rings is 2. The van der Waals surface area contributed by atoms with E-state index in [1.54, 1.807) is 18.5 Å². The molecule has 5 rings (SSSR count). The topological polar surface area (TPSA) is 84.3 Å². The highest BCUT2D eigenvalue weighted by Gasteiger charge is 2.24. The van der Waals surface area contributed by atoms with Crippen LogP contribution in [0.5, 0.6) is 11.6 Å². The van der Waals surface area contributed by atoms with Crippen LogP contribution in [0.3, 0.4) is 0 Å². The van der Waals surface area contributed by atoms with Crippen molar-refractivity contribution in [2.24, 2.45) is 0 Å². The Morgan fingerprint density at radius 3 is 2.41 bits per heavy atom. The molecule has 8 nitrogen and oxygen atoms in total. The molecule has 1 amide bonds. The summed E-state index contributed by atoms with van der Waals surface area (Å²) in [6.07, 6.45) is 3.28. The van der Waals surface area contributed by atoms with Crippen molar-refractivity contribution < 1.29 is 9.53 Å². The van der Waals surface area contributed by atoms with E-state index < -0.39 is 0 Å². The first-order chi connectivity index (χ1) is 15.7. The largest absolute Gasteiger partial charge is 0.439 e. The first-order valence-electron chi connectivity index (χ1n) is 10.5. The highest BCUT2D eigenvalue weighted by molar-refractivity contribution is 5.97. The number of nitrogens with zero attached hydrogens (tertiary/aromatic N) is 6. The van der Waals surface area contributed by atoms with Gasteiger partial charge in [0.2, 0.25) is 5.88 Å². The molecule has 1 saturated heterocycles. The fourth-order valence-corrected chi connectivity index (χ4v) is 3.77. The van der Waals surface area contributed by atoms with Gasteiger partial charge < -0.3 is 14.5 Å². The Labute approximate surface area is 185 Å². The maximum Gasteiger partial charge on any atom is 0.254 e. The van der Waals surface area contributed by atoms with Gasteiger partial charge in [0, 0.05) is 50.2 Å². The average molecular weight is 426 g/mol. The number of aryl methyl sites for hydroxylation is 1. The summed E-state index contributed by atoms with van der Waals surface area (Å²) in [6, 6.07) is 16.9. The van der Waals surface area contributed by atoms with Crippen LogP contribution in [-0.4, -0.2) is 56.9 Å². The number of rotatable bonds is 4. The minimum atomic E-state index is 0.00386. The lowest BCUT2D eigenvalue weighted by molar-refractivity contribution is 0.0746. The fourth-order valence-electron chi connectivity index (χ4n) is 3.77. The zero-order valence-electron chi connectivity index (χ0n) is 17.7. The third kappa shape index (κ3) is 4.20. The van der Waals surface area contributed by atoms with Crippen molar-refractivity contribution in [3.63, 3.8) is 0 Å². The van der Waals surface area contributed by atoms with Crippen molar-refractivity contribution in [2.75, 3.05) is 31.1 Å². The van der Waals surface area contributed by atoms with Crippen LogP contribution in [0.4, 0.5) is 5.82 Å². The number of amides is 1. The number of carbonyl (C=O) groups excluding carboxylic acids is 1. The van der Waals surface area contributed by atoms with Gasteiger partial charge in [-0.2, -0.15) is 4.98 Å². The van der Waals surface area contributed by atoms with Crippen LogP contribution in [0.1, 0.15) is 16.2 Å². The highest BCUT2D eigenvalue weighted by atomic mass is 16.5. The summed E-state index contributed by atoms with van der Waals surface area (Å²) >= 11 is 0. The van der Waals surface area contributed by atoms with Crippen LogP contribution in [0, 0.1) is 6.92 Å². The van der Waals surface area contributed by atoms with Crippen molar-refractivity contribution in [2.45, 2.75) is 6.92 Å². The summed E-state index contributed by atoms with van der Waals surface area (Å²) < 4.78 is 5.89. The first-order valence-corrected chi connectivity index (χ1v) is 10.5. The third-order valence-corrected chi connectivity index (χ3v) is 5.37. The molecule has 0 saturated carbocycles. The Bertz CT molecular complexity index is 1260. The van der Waals surface area contributed by atoms with Crippen molar-refractivity contribution >= 4 is 22.8 Å². The van der Waals surface area contributed by atoms with E-state index in [0.717, 1.165) is 22.6 Å². The minimum Gasteiger partial charge on any atom is -0.439 e. The van der Waals surface area contributed by atoms with Gasteiger partial charge in [-0.1, -0.05) is 18.2 Å². The Balaban J connectivity index is 1.27. The molecule has 0 spiro atoms. The lowest BCUT2D eigenvalue weighted by atomic mass is 10.1. The van der Waals surface area contributed by atoms with E-state index in [1.165, 1.54) is 0 Å². The maximum absolute atomic E-state index is 13.0. The molecule has 0 radical (unpaired) electrons. The third-order valence-electron chi connectivity index (χ3n) is 5.37. The van der Waals surface area contributed by atoms with Crippen molar-refractivity contribution in [1.82, 2.24) is 24.8 Å². The summed E-state index contributed by atoms with van der Waals surface area (Å²) in [5, 5.41) is 0. The lowest BCUT2D eigenvalue weighted by Gasteiger charge is -2.35. The zero-order valence-corrected chi connectivity index (χ0v) is 17.7. The quantitative estimate of drug-likeness (QED) is 0.494. The Kier molecular flexibility index (Phi) is 5.33. The minimum absolute atomic E-state index is 0.00386. The van der Waals surface area contributed by atoms with Crippen LogP contribution in [0.25, 0.3) is 11.0 Å². The summed E-state index contributed by atoms with van der Waals surface area (Å²) in [6.45, 7) is 4.43. The van der Waals surface area contributed by atoms with E-state index in [0.29, 0.717) is 43.4 Å². The number of carbonyl (C=O) groups is 1. The summed E-state index contributed by atoms with van der Waals surface area (Å²) in [5.41, 5.74) is 2.13. The standard InChI is InChI=1S/C24H22N6O2/c1-17-27-22(16-23(28-17)32-19-5-3-2-4-6-19)29-11-13-30(14-12-29)24(31)18-7-8-20-21(15-18)26-10-9-25-20/h2-10,15-16H,11-14H2,1H3. The molecule has 8 heteroatoms. The molecule has 0 atom stereocenters. The van der Waals surface area contributed by atoms with E-state index in [4.69, 9.17) is 4.74 Å². The number of fused-ring (bicyclic) bond motifs is 1. The van der Waals surface area contributed by atoms with Gasteiger partial charge in [-0.25, -0.2) is 4.98 Å². The van der Waals surface area contributed by atoms with Crippen molar-refractivity contribution in [3.05, 3.63) is 78.4 Å². The first kappa shape index (κ1) is 19.9. The van der Waals surface area contributed by atoms with Gasteiger partial charge in [-0.3, -0.25) is 14.8 Å². The molecule has 2 aromatic heterocycles. The maximum atomic E-state index is 13.0. The highest BCUT2D eigenvalue weighted by Crippen LogP contribution is 2.24. The fraction of sp³-hybridized carbons (Fsp3) is 0.208. The summed E-state index contributed by atoms with van der Waals surface area (Å²) in [7, 11) is 0. The predicted octanol–water partition coefficient (Wildman–Crippen LogP) is 3.48. The van der Waals surface area contributed by atoms with Gasteiger partial charge in [0.25, 0.3) is 5.91 Å². The van der Waals surface area contributed by atoms with Gasteiger partial charge in [0.1, 0.15) is 17.4 Å². The van der Waals surface area contributed by atoms with Crippen molar-refractivity contribution in [3.8, 4) is 11.6 Å². The molecule has 2 aromatic carbocycles. The second-order valence-electron chi connectivity index (χ2n) is 7.57. The van der Waals surface area contributed by atoms with E-state index in [2.05, 4.69) is 24.8 Å².